The summed E-state index contributed by atoms with van der Waals surface area (Å²) in [6.45, 7) is 2.79. The molecule has 2 rings (SSSR count). The van der Waals surface area contributed by atoms with Gasteiger partial charge in [0.1, 0.15) is 0 Å². The molecule has 0 spiro atoms. The molecule has 0 aliphatic heterocycles. The van der Waals surface area contributed by atoms with Crippen molar-refractivity contribution in [1.82, 2.24) is 0 Å². The Labute approximate surface area is 185 Å². The third-order valence-corrected chi connectivity index (χ3v) is 9.96. The average Bonchev–Trinajstić information content (AvgIpc) is 2.62. The summed E-state index contributed by atoms with van der Waals surface area (Å²) >= 11 is 0. The Morgan fingerprint density at radius 1 is 0.545 bits per heavy atom. The third-order valence-electron chi connectivity index (χ3n) is 3.93. The number of rotatable bonds is 6. The first-order chi connectivity index (χ1) is 14.7. The van der Waals surface area contributed by atoms with E-state index < -0.39 is 60.1 Å². The Morgan fingerprint density at radius 2 is 0.788 bits per heavy atom. The SMILES string of the molecule is Cc1ccc(N(S(=O)(=O)N(c2ccc(C)cc2)S(=O)(=O)C(F)(F)F)S(=O)(=O)C(F)(F)F)cc1. The summed E-state index contributed by atoms with van der Waals surface area (Å²) in [5, 5.41) is 0. The van der Waals surface area contributed by atoms with E-state index in [1.165, 1.54) is 13.8 Å². The molecule has 0 atom stereocenters. The van der Waals surface area contributed by atoms with Gasteiger partial charge in [0.15, 0.2) is 0 Å². The maximum Gasteiger partial charge on any atom is 0.517 e. The fourth-order valence-electron chi connectivity index (χ4n) is 2.38. The molecule has 33 heavy (non-hydrogen) atoms. The quantitative estimate of drug-likeness (QED) is 0.519. The summed E-state index contributed by atoms with van der Waals surface area (Å²) in [6, 6.07) is 6.12. The zero-order chi connectivity index (χ0) is 25.6. The lowest BCUT2D eigenvalue weighted by Gasteiger charge is -2.31. The molecule has 0 aliphatic carbocycles. The Hall–Kier alpha value is -2.53. The number of hydrogen-bond acceptors (Lipinski definition) is 6. The van der Waals surface area contributed by atoms with Crippen molar-refractivity contribution in [2.45, 2.75) is 24.9 Å². The molecule has 0 saturated carbocycles. The monoisotopic (exact) mass is 540 g/mol. The standard InChI is InChI=1S/C16H14F6N2O6S3/c1-11-3-7-13(8-4-11)23(31(25,26)15(17,18)19)33(29,30)24(32(27,28)16(20,21)22)14-9-5-12(2)6-10-14/h3-10H,1-2H3. The summed E-state index contributed by atoms with van der Waals surface area (Å²) in [6.07, 6.45) is 0. The van der Waals surface area contributed by atoms with E-state index in [2.05, 4.69) is 0 Å². The summed E-state index contributed by atoms with van der Waals surface area (Å²) in [5.74, 6) is 0. The van der Waals surface area contributed by atoms with Gasteiger partial charge in [-0.05, 0) is 38.1 Å². The zero-order valence-corrected chi connectivity index (χ0v) is 18.9. The highest BCUT2D eigenvalue weighted by Gasteiger charge is 2.61. The maximum absolute atomic E-state index is 13.3. The van der Waals surface area contributed by atoms with E-state index in [4.69, 9.17) is 0 Å². The van der Waals surface area contributed by atoms with Crippen molar-refractivity contribution < 1.29 is 51.6 Å². The van der Waals surface area contributed by atoms with Crippen molar-refractivity contribution >= 4 is 41.6 Å². The lowest BCUT2D eigenvalue weighted by atomic mass is 10.2. The van der Waals surface area contributed by atoms with E-state index in [9.17, 15) is 51.6 Å². The van der Waals surface area contributed by atoms with Crippen LogP contribution in [-0.4, -0.2) is 36.3 Å². The molecular formula is C16H14F6N2O6S3. The molecule has 2 aromatic rings. The van der Waals surface area contributed by atoms with Crippen LogP contribution in [-0.2, 0) is 30.3 Å². The molecular weight excluding hydrogens is 526 g/mol. The van der Waals surface area contributed by atoms with Crippen LogP contribution in [0.15, 0.2) is 48.5 Å². The highest BCUT2D eigenvalue weighted by Crippen LogP contribution is 2.39. The van der Waals surface area contributed by atoms with E-state index in [0.29, 0.717) is 35.4 Å². The van der Waals surface area contributed by atoms with Crippen LogP contribution in [0.3, 0.4) is 0 Å². The van der Waals surface area contributed by atoms with Crippen molar-refractivity contribution in [3.8, 4) is 0 Å². The van der Waals surface area contributed by atoms with Crippen LogP contribution in [0.1, 0.15) is 11.1 Å². The molecule has 8 nitrogen and oxygen atoms in total. The number of sulfonamides is 2. The van der Waals surface area contributed by atoms with Crippen LogP contribution in [0.2, 0.25) is 0 Å². The van der Waals surface area contributed by atoms with Gasteiger partial charge in [0, 0.05) is 0 Å². The molecule has 0 aliphatic rings. The molecule has 17 heteroatoms. The first-order valence-corrected chi connectivity index (χ1v) is 12.6. The van der Waals surface area contributed by atoms with E-state index in [1.54, 1.807) is 0 Å². The topological polar surface area (TPSA) is 109 Å². The summed E-state index contributed by atoms with van der Waals surface area (Å²) in [5.41, 5.74) is -14.6. The number of nitrogens with zero attached hydrogens (tertiary/aromatic N) is 2. The van der Waals surface area contributed by atoms with Crippen molar-refractivity contribution in [2.24, 2.45) is 0 Å². The predicted molar refractivity (Wildman–Crippen MR) is 106 cm³/mol. The maximum atomic E-state index is 13.3. The first-order valence-electron chi connectivity index (χ1n) is 8.36. The van der Waals surface area contributed by atoms with Gasteiger partial charge >= 0.3 is 41.3 Å². The summed E-state index contributed by atoms with van der Waals surface area (Å²) in [7, 11) is -20.5. The molecule has 2 aromatic carbocycles. The van der Waals surface area contributed by atoms with E-state index in [1.807, 2.05) is 0 Å². The smallest absolute Gasteiger partial charge is 0.196 e. The van der Waals surface area contributed by atoms with Gasteiger partial charge in [0.05, 0.1) is 11.4 Å². The van der Waals surface area contributed by atoms with Crippen LogP contribution in [0.25, 0.3) is 0 Å². The van der Waals surface area contributed by atoms with Gasteiger partial charge in [-0.3, -0.25) is 0 Å². The average molecular weight is 540 g/mol. The van der Waals surface area contributed by atoms with Crippen LogP contribution in [0.4, 0.5) is 37.7 Å². The Kier molecular flexibility index (Phi) is 6.76. The normalized spacial score (nSPS) is 13.6. The Morgan fingerprint density at radius 3 is 1.00 bits per heavy atom. The lowest BCUT2D eigenvalue weighted by molar-refractivity contribution is -0.0437. The van der Waals surface area contributed by atoms with E-state index >= 15 is 0 Å². The largest absolute Gasteiger partial charge is 0.517 e. The number of benzene rings is 2. The van der Waals surface area contributed by atoms with Gasteiger partial charge in [-0.2, -0.15) is 51.6 Å². The summed E-state index contributed by atoms with van der Waals surface area (Å²) < 4.78 is 152. The van der Waals surface area contributed by atoms with Crippen molar-refractivity contribution in [3.05, 3.63) is 59.7 Å². The van der Waals surface area contributed by atoms with Gasteiger partial charge in [-0.15, -0.1) is 7.42 Å². The van der Waals surface area contributed by atoms with Crippen LogP contribution in [0, 0.1) is 13.8 Å². The van der Waals surface area contributed by atoms with Gasteiger partial charge in [-0.25, -0.2) is 0 Å². The fourth-order valence-corrected chi connectivity index (χ4v) is 7.48. The second kappa shape index (κ2) is 8.35. The first kappa shape index (κ1) is 26.7. The lowest BCUT2D eigenvalue weighted by Crippen LogP contribution is -2.55. The third kappa shape index (κ3) is 4.89. The number of halogens is 6. The number of hydrogen-bond donors (Lipinski definition) is 0. The van der Waals surface area contributed by atoms with Crippen molar-refractivity contribution in [3.63, 3.8) is 0 Å². The molecule has 0 radical (unpaired) electrons. The van der Waals surface area contributed by atoms with Crippen LogP contribution in [0.5, 0.6) is 0 Å². The fraction of sp³-hybridized carbons (Fsp3) is 0.250. The minimum Gasteiger partial charge on any atom is -0.196 e. The van der Waals surface area contributed by atoms with E-state index in [-0.39, 0.29) is 0 Å². The van der Waals surface area contributed by atoms with Gasteiger partial charge in [0.2, 0.25) is 0 Å². The van der Waals surface area contributed by atoms with Gasteiger partial charge in [-0.1, -0.05) is 35.4 Å². The molecule has 0 bridgehead atoms. The van der Waals surface area contributed by atoms with E-state index in [0.717, 1.165) is 24.3 Å². The molecule has 0 N–H and O–H groups in total. The molecule has 0 heterocycles. The number of anilines is 2. The second-order valence-corrected chi connectivity index (χ2v) is 12.1. The highest BCUT2D eigenvalue weighted by molar-refractivity contribution is 8.18. The molecule has 184 valence electrons. The molecule has 0 unspecified atom stereocenters. The Bertz CT molecular complexity index is 1240. The highest BCUT2D eigenvalue weighted by atomic mass is 32.3. The van der Waals surface area contributed by atoms with Crippen molar-refractivity contribution in [1.29, 1.82) is 0 Å². The van der Waals surface area contributed by atoms with Crippen LogP contribution >= 0.6 is 0 Å². The van der Waals surface area contributed by atoms with Gasteiger partial charge < -0.3 is 0 Å². The van der Waals surface area contributed by atoms with Crippen molar-refractivity contribution in [2.75, 3.05) is 7.42 Å². The Balaban J connectivity index is 2.99. The molecule has 0 fully saturated rings. The van der Waals surface area contributed by atoms with Gasteiger partial charge in [0.25, 0.3) is 0 Å². The minimum absolute atomic E-state index is 0.318. The number of aryl methyl sites for hydroxylation is 2. The molecule has 0 aromatic heterocycles. The second-order valence-electron chi connectivity index (χ2n) is 6.47. The molecule has 0 saturated heterocycles. The molecule has 0 amide bonds. The summed E-state index contributed by atoms with van der Waals surface area (Å²) in [4.78, 5) is 0. The zero-order valence-electron chi connectivity index (χ0n) is 16.5. The minimum atomic E-state index is -6.96. The predicted octanol–water partition coefficient (Wildman–Crippen LogP) is 3.56. The van der Waals surface area contributed by atoms with Crippen LogP contribution < -0.4 is 7.42 Å². The number of alkyl halides is 6.